The zero-order chi connectivity index (χ0) is 22.2. The second-order valence-electron chi connectivity index (χ2n) is 8.05. The number of quaternary nitrogens is 1. The number of hydrogen-bond acceptors (Lipinski definition) is 6. The average molecular weight is 459 g/mol. The number of carbonyl (C=O) groups excluding carboxylic acids is 1. The largest absolute Gasteiger partial charge is 0.477 e. The van der Waals surface area contributed by atoms with Crippen molar-refractivity contribution >= 4 is 35.2 Å². The van der Waals surface area contributed by atoms with Gasteiger partial charge in [0.15, 0.2) is 15.9 Å². The van der Waals surface area contributed by atoms with Crippen molar-refractivity contribution in [1.82, 2.24) is 20.2 Å². The molecule has 3 N–H and O–H groups in total. The maximum Gasteiger partial charge on any atom is 0.348 e. The highest BCUT2D eigenvalue weighted by atomic mass is 35.5. The fourth-order valence-electron chi connectivity index (χ4n) is 3.95. The summed E-state index contributed by atoms with van der Waals surface area (Å²) in [7, 11) is 5.66. The first kappa shape index (κ1) is 23.1. The van der Waals surface area contributed by atoms with Crippen molar-refractivity contribution in [2.75, 3.05) is 34.3 Å². The van der Waals surface area contributed by atoms with Gasteiger partial charge in [-0.3, -0.25) is 9.28 Å². The summed E-state index contributed by atoms with van der Waals surface area (Å²) < 4.78 is 6.17. The number of aromatic amines is 1. The number of carboxylic acid groups (broad SMARTS) is 1. The van der Waals surface area contributed by atoms with Gasteiger partial charge in [0.1, 0.15) is 5.70 Å². The molecule has 0 aliphatic carbocycles. The molecule has 166 valence electrons. The number of halogens is 1. The zero-order valence-electron chi connectivity index (χ0n) is 17.9. The Labute approximate surface area is 185 Å². The fraction of sp³-hybridized carbons (Fsp3) is 0.632. The monoisotopic (exact) mass is 458 g/mol. The number of H-pyrrole nitrogens is 1. The number of hydrogen-bond donors (Lipinski definition) is 3. The molecule has 30 heavy (non-hydrogen) atoms. The molecular weight excluding hydrogens is 430 g/mol. The molecule has 3 rings (SSSR count). The Balaban J connectivity index is 1.68. The number of piperidine rings is 1. The van der Waals surface area contributed by atoms with E-state index in [2.05, 4.69) is 20.2 Å². The number of nitrogens with zero attached hydrogens (tertiary/aromatic N) is 3. The SMILES string of the molecule is CCc1[nH]c(C(=O)N[C@@H]2CCN(C3SC(C(=O)O)=C(C)[N+]3(C)C)C[C@@H]2OC)nc1Cl. The lowest BCUT2D eigenvalue weighted by atomic mass is 10.0. The van der Waals surface area contributed by atoms with Crippen molar-refractivity contribution in [1.29, 1.82) is 0 Å². The molecule has 11 heteroatoms. The van der Waals surface area contributed by atoms with Gasteiger partial charge in [0.05, 0.1) is 31.9 Å². The van der Waals surface area contributed by atoms with Gasteiger partial charge >= 0.3 is 5.97 Å². The lowest BCUT2D eigenvalue weighted by Gasteiger charge is -2.44. The summed E-state index contributed by atoms with van der Waals surface area (Å²) in [5, 5.41) is 12.8. The second-order valence-corrected chi connectivity index (χ2v) is 9.47. The fourth-order valence-corrected chi connectivity index (χ4v) is 5.69. The molecule has 1 amide bonds. The van der Waals surface area contributed by atoms with E-state index in [4.69, 9.17) is 16.3 Å². The Hall–Kier alpha value is -1.59. The van der Waals surface area contributed by atoms with E-state index in [0.29, 0.717) is 40.5 Å². The maximum absolute atomic E-state index is 12.6. The first-order valence-electron chi connectivity index (χ1n) is 9.87. The van der Waals surface area contributed by atoms with E-state index >= 15 is 0 Å². The Morgan fingerprint density at radius 3 is 2.70 bits per heavy atom. The summed E-state index contributed by atoms with van der Waals surface area (Å²) in [5.41, 5.74) is 1.51. The summed E-state index contributed by atoms with van der Waals surface area (Å²) in [6.07, 6.45) is 1.11. The second kappa shape index (κ2) is 8.88. The van der Waals surface area contributed by atoms with Crippen LogP contribution in [0.3, 0.4) is 0 Å². The number of thioether (sulfide) groups is 1. The summed E-state index contributed by atoms with van der Waals surface area (Å²) in [6, 6.07) is -0.178. The summed E-state index contributed by atoms with van der Waals surface area (Å²) in [5.74, 6) is -1.00. The molecule has 0 aromatic carbocycles. The van der Waals surface area contributed by atoms with Crippen LogP contribution in [0.2, 0.25) is 5.15 Å². The third kappa shape index (κ3) is 4.24. The molecule has 9 nitrogen and oxygen atoms in total. The van der Waals surface area contributed by atoms with E-state index in [-0.39, 0.29) is 29.4 Å². The lowest BCUT2D eigenvalue weighted by molar-refractivity contribution is -0.872. The number of aliphatic carboxylic acids is 1. The van der Waals surface area contributed by atoms with Gasteiger partial charge in [-0.2, -0.15) is 0 Å². The first-order valence-corrected chi connectivity index (χ1v) is 11.1. The number of amides is 1. The van der Waals surface area contributed by atoms with Crippen LogP contribution in [0.25, 0.3) is 0 Å². The van der Waals surface area contributed by atoms with E-state index in [1.807, 2.05) is 27.9 Å². The lowest BCUT2D eigenvalue weighted by Crippen LogP contribution is -2.61. The van der Waals surface area contributed by atoms with Gasteiger partial charge in [0.25, 0.3) is 5.91 Å². The number of allylic oxidation sites excluding steroid dienone is 1. The average Bonchev–Trinajstić information content (AvgIpc) is 3.19. The Kier molecular flexibility index (Phi) is 6.83. The Bertz CT molecular complexity index is 871. The van der Waals surface area contributed by atoms with Crippen LogP contribution in [0, 0.1) is 0 Å². The zero-order valence-corrected chi connectivity index (χ0v) is 19.4. The van der Waals surface area contributed by atoms with Crippen molar-refractivity contribution in [3.8, 4) is 0 Å². The van der Waals surface area contributed by atoms with Gasteiger partial charge < -0.3 is 20.1 Å². The number of aryl methyl sites for hydroxylation is 1. The van der Waals surface area contributed by atoms with Crippen LogP contribution in [-0.2, 0) is 16.0 Å². The van der Waals surface area contributed by atoms with Crippen LogP contribution in [0.4, 0.5) is 0 Å². The summed E-state index contributed by atoms with van der Waals surface area (Å²) in [4.78, 5) is 34.0. The van der Waals surface area contributed by atoms with E-state index in [0.717, 1.165) is 11.4 Å². The molecule has 3 heterocycles. The molecular formula is C19H29ClN5O4S+. The van der Waals surface area contributed by atoms with Crippen molar-refractivity contribution in [2.45, 2.75) is 44.3 Å². The molecule has 3 atom stereocenters. The highest BCUT2D eigenvalue weighted by Gasteiger charge is 2.48. The van der Waals surface area contributed by atoms with Gasteiger partial charge in [-0.15, -0.1) is 0 Å². The van der Waals surface area contributed by atoms with Gasteiger partial charge in [0.2, 0.25) is 5.50 Å². The van der Waals surface area contributed by atoms with E-state index < -0.39 is 5.97 Å². The number of imidazole rings is 1. The van der Waals surface area contributed by atoms with Crippen LogP contribution in [-0.4, -0.2) is 88.3 Å². The number of carboxylic acids is 1. The topological polar surface area (TPSA) is 108 Å². The van der Waals surface area contributed by atoms with Crippen molar-refractivity contribution in [3.63, 3.8) is 0 Å². The van der Waals surface area contributed by atoms with Crippen LogP contribution in [0.1, 0.15) is 36.6 Å². The minimum absolute atomic E-state index is 0.0543. The Morgan fingerprint density at radius 2 is 2.17 bits per heavy atom. The molecule has 1 fully saturated rings. The molecule has 0 saturated carbocycles. The third-order valence-corrected chi connectivity index (χ3v) is 8.04. The molecule has 1 saturated heterocycles. The standard InChI is InChI=1S/C19H28ClN5O4S/c1-6-11-15(20)23-16(21-11)17(26)22-12-7-8-24(9-13(12)29-5)19-25(3,4)10(2)14(30-19)18(27)28/h12-13,19H,6-9H2,1-5H3,(H2-,21,22,23,26,27,28)/p+1/t12-,13+,19?/m1/s1. The summed E-state index contributed by atoms with van der Waals surface area (Å²) in [6.45, 7) is 5.10. The van der Waals surface area contributed by atoms with Gasteiger partial charge in [-0.1, -0.05) is 18.5 Å². The van der Waals surface area contributed by atoms with Crippen molar-refractivity contribution in [2.24, 2.45) is 0 Å². The minimum atomic E-state index is -0.889. The molecule has 1 aromatic heterocycles. The minimum Gasteiger partial charge on any atom is -0.477 e. The summed E-state index contributed by atoms with van der Waals surface area (Å²) >= 11 is 7.43. The first-order chi connectivity index (χ1) is 14.1. The number of aromatic nitrogens is 2. The number of carbonyl (C=O) groups is 2. The molecule has 2 aliphatic heterocycles. The quantitative estimate of drug-likeness (QED) is 0.558. The molecule has 1 aromatic rings. The highest BCUT2D eigenvalue weighted by molar-refractivity contribution is 8.04. The number of ether oxygens (including phenoxy) is 1. The van der Waals surface area contributed by atoms with E-state index in [1.165, 1.54) is 11.8 Å². The van der Waals surface area contributed by atoms with E-state index in [1.54, 1.807) is 7.11 Å². The van der Waals surface area contributed by atoms with Gasteiger partial charge in [-0.25, -0.2) is 14.7 Å². The number of likely N-dealkylation sites (tertiary alicyclic amines) is 1. The van der Waals surface area contributed by atoms with Crippen molar-refractivity contribution in [3.05, 3.63) is 27.3 Å². The van der Waals surface area contributed by atoms with Crippen LogP contribution >= 0.6 is 23.4 Å². The molecule has 0 radical (unpaired) electrons. The third-order valence-electron chi connectivity index (χ3n) is 5.98. The molecule has 2 aliphatic rings. The van der Waals surface area contributed by atoms with E-state index in [9.17, 15) is 14.7 Å². The van der Waals surface area contributed by atoms with Crippen LogP contribution < -0.4 is 5.32 Å². The number of rotatable bonds is 6. The normalized spacial score (nSPS) is 26.8. The van der Waals surface area contributed by atoms with Gasteiger partial charge in [0, 0.05) is 27.1 Å². The van der Waals surface area contributed by atoms with Crippen LogP contribution in [0.15, 0.2) is 10.6 Å². The maximum atomic E-state index is 12.6. The highest BCUT2D eigenvalue weighted by Crippen LogP contribution is 2.44. The van der Waals surface area contributed by atoms with Gasteiger partial charge in [-0.05, 0) is 24.6 Å². The molecule has 1 unspecified atom stereocenters. The van der Waals surface area contributed by atoms with Crippen LogP contribution in [0.5, 0.6) is 0 Å². The molecule has 0 spiro atoms. The van der Waals surface area contributed by atoms with Crippen molar-refractivity contribution < 1.29 is 23.9 Å². The predicted molar refractivity (Wildman–Crippen MR) is 115 cm³/mol. The number of nitrogens with one attached hydrogen (secondary N) is 2. The Morgan fingerprint density at radius 1 is 1.47 bits per heavy atom. The smallest absolute Gasteiger partial charge is 0.348 e. The predicted octanol–water partition coefficient (Wildman–Crippen LogP) is 1.87. The number of methoxy groups -OCH3 is 1. The molecule has 0 bridgehead atoms.